The summed E-state index contributed by atoms with van der Waals surface area (Å²) >= 11 is 0. The van der Waals surface area contributed by atoms with Crippen LogP contribution in [0.1, 0.15) is 49.1 Å². The maximum absolute atomic E-state index is 3.89. The van der Waals surface area contributed by atoms with Gasteiger partial charge in [-0.1, -0.05) is 56.2 Å². The molecule has 0 bridgehead atoms. The monoisotopic (exact) mass is 186 g/mol. The van der Waals surface area contributed by atoms with Crippen molar-refractivity contribution in [3.63, 3.8) is 0 Å². The fourth-order valence-corrected chi connectivity index (χ4v) is 2.48. The first-order chi connectivity index (χ1) is 6.92. The lowest BCUT2D eigenvalue weighted by atomic mass is 9.82. The number of hydrogen-bond acceptors (Lipinski definition) is 0. The van der Waals surface area contributed by atoms with Gasteiger partial charge in [-0.2, -0.15) is 0 Å². The molecule has 0 atom stereocenters. The van der Waals surface area contributed by atoms with Crippen LogP contribution in [-0.4, -0.2) is 0 Å². The summed E-state index contributed by atoms with van der Waals surface area (Å²) in [6.45, 7) is 3.89. The van der Waals surface area contributed by atoms with Gasteiger partial charge >= 0.3 is 0 Å². The Morgan fingerprint density at radius 3 is 2.50 bits per heavy atom. The topological polar surface area (TPSA) is 0 Å². The molecule has 1 aliphatic carbocycles. The molecule has 14 heavy (non-hydrogen) atoms. The van der Waals surface area contributed by atoms with Gasteiger partial charge in [-0.3, -0.25) is 0 Å². The van der Waals surface area contributed by atoms with Crippen molar-refractivity contribution >= 4 is 6.08 Å². The molecule has 0 spiro atoms. The van der Waals surface area contributed by atoms with Gasteiger partial charge in [-0.25, -0.2) is 0 Å². The van der Waals surface area contributed by atoms with E-state index in [4.69, 9.17) is 0 Å². The second-order valence-corrected chi connectivity index (χ2v) is 4.17. The Morgan fingerprint density at radius 2 is 1.79 bits per heavy atom. The first kappa shape index (κ1) is 9.51. The molecule has 1 aromatic carbocycles. The van der Waals surface area contributed by atoms with Gasteiger partial charge in [-0.05, 0) is 29.9 Å². The van der Waals surface area contributed by atoms with Gasteiger partial charge in [0.1, 0.15) is 0 Å². The Morgan fingerprint density at radius 1 is 1.07 bits per heavy atom. The van der Waals surface area contributed by atoms with E-state index in [1.165, 1.54) is 43.2 Å². The molecule has 2 rings (SSSR count). The van der Waals surface area contributed by atoms with Crippen LogP contribution in [0.3, 0.4) is 0 Å². The second-order valence-electron chi connectivity index (χ2n) is 4.17. The summed E-state index contributed by atoms with van der Waals surface area (Å²) in [5, 5.41) is 0. The van der Waals surface area contributed by atoms with E-state index in [-0.39, 0.29) is 0 Å². The molecule has 74 valence electrons. The Bertz CT molecular complexity index is 306. The molecule has 0 aromatic heterocycles. The van der Waals surface area contributed by atoms with E-state index in [1.807, 2.05) is 6.08 Å². The van der Waals surface area contributed by atoms with Crippen molar-refractivity contribution in [3.8, 4) is 0 Å². The van der Waals surface area contributed by atoms with Crippen LogP contribution in [0.5, 0.6) is 0 Å². The Balaban J connectivity index is 2.24. The minimum absolute atomic E-state index is 0.790. The predicted molar refractivity (Wildman–Crippen MR) is 62.4 cm³/mol. The lowest BCUT2D eigenvalue weighted by Crippen LogP contribution is -2.05. The zero-order valence-electron chi connectivity index (χ0n) is 8.71. The molecule has 0 amide bonds. The van der Waals surface area contributed by atoms with Crippen LogP contribution < -0.4 is 0 Å². The van der Waals surface area contributed by atoms with Gasteiger partial charge < -0.3 is 0 Å². The van der Waals surface area contributed by atoms with Gasteiger partial charge in [0.2, 0.25) is 0 Å². The van der Waals surface area contributed by atoms with Crippen molar-refractivity contribution in [1.82, 2.24) is 0 Å². The van der Waals surface area contributed by atoms with Crippen molar-refractivity contribution in [2.45, 2.75) is 38.0 Å². The maximum Gasteiger partial charge on any atom is -0.0156 e. The summed E-state index contributed by atoms with van der Waals surface area (Å²) in [5.74, 6) is 0.790. The van der Waals surface area contributed by atoms with E-state index < -0.39 is 0 Å². The zero-order valence-corrected chi connectivity index (χ0v) is 8.71. The molecule has 1 aromatic rings. The second kappa shape index (κ2) is 4.45. The molecule has 0 saturated heterocycles. The zero-order chi connectivity index (χ0) is 9.80. The van der Waals surface area contributed by atoms with Crippen LogP contribution >= 0.6 is 0 Å². The summed E-state index contributed by atoms with van der Waals surface area (Å²) in [4.78, 5) is 0. The van der Waals surface area contributed by atoms with E-state index in [9.17, 15) is 0 Å². The lowest BCUT2D eigenvalue weighted by Gasteiger charge is -2.23. The summed E-state index contributed by atoms with van der Waals surface area (Å²) in [6, 6.07) is 8.70. The first-order valence-electron chi connectivity index (χ1n) is 5.63. The highest BCUT2D eigenvalue weighted by atomic mass is 14.2. The number of hydrogen-bond donors (Lipinski definition) is 0. The fourth-order valence-electron chi connectivity index (χ4n) is 2.48. The fraction of sp³-hybridized carbons (Fsp3) is 0.429. The largest absolute Gasteiger partial charge is 0.0985 e. The minimum Gasteiger partial charge on any atom is -0.0985 e. The van der Waals surface area contributed by atoms with Crippen molar-refractivity contribution in [2.75, 3.05) is 0 Å². The van der Waals surface area contributed by atoms with Gasteiger partial charge in [0.25, 0.3) is 0 Å². The van der Waals surface area contributed by atoms with E-state index in [0.717, 1.165) is 5.92 Å². The maximum atomic E-state index is 3.89. The Labute approximate surface area is 86.7 Å². The third kappa shape index (κ3) is 1.89. The van der Waals surface area contributed by atoms with Gasteiger partial charge in [-0.15, -0.1) is 0 Å². The highest BCUT2D eigenvalue weighted by Crippen LogP contribution is 2.34. The van der Waals surface area contributed by atoms with Crippen molar-refractivity contribution in [1.29, 1.82) is 0 Å². The van der Waals surface area contributed by atoms with Crippen LogP contribution in [0.4, 0.5) is 0 Å². The molecule has 0 heteroatoms. The van der Waals surface area contributed by atoms with E-state index in [2.05, 4.69) is 30.8 Å². The Hall–Kier alpha value is -1.04. The van der Waals surface area contributed by atoms with Crippen molar-refractivity contribution < 1.29 is 0 Å². The third-order valence-electron chi connectivity index (χ3n) is 3.26. The average Bonchev–Trinajstić information content (AvgIpc) is 2.30. The normalized spacial score (nSPS) is 18.0. The van der Waals surface area contributed by atoms with Crippen molar-refractivity contribution in [2.24, 2.45) is 0 Å². The van der Waals surface area contributed by atoms with Gasteiger partial charge in [0, 0.05) is 0 Å². The molecular weight excluding hydrogens is 168 g/mol. The quantitative estimate of drug-likeness (QED) is 0.643. The van der Waals surface area contributed by atoms with E-state index in [0.29, 0.717) is 0 Å². The highest BCUT2D eigenvalue weighted by Gasteiger charge is 2.16. The average molecular weight is 186 g/mol. The molecule has 0 nitrogen and oxygen atoms in total. The number of benzene rings is 1. The summed E-state index contributed by atoms with van der Waals surface area (Å²) in [5.41, 5.74) is 2.85. The summed E-state index contributed by atoms with van der Waals surface area (Å²) < 4.78 is 0. The third-order valence-corrected chi connectivity index (χ3v) is 3.26. The van der Waals surface area contributed by atoms with Gasteiger partial charge in [0.05, 0.1) is 0 Å². The van der Waals surface area contributed by atoms with Crippen molar-refractivity contribution in [3.05, 3.63) is 42.0 Å². The molecular formula is C14H18. The molecule has 0 unspecified atom stereocenters. The van der Waals surface area contributed by atoms with Crippen LogP contribution in [0.15, 0.2) is 30.8 Å². The minimum atomic E-state index is 0.790. The summed E-state index contributed by atoms with van der Waals surface area (Å²) in [7, 11) is 0. The highest BCUT2D eigenvalue weighted by molar-refractivity contribution is 5.52. The molecule has 0 radical (unpaired) electrons. The molecule has 1 saturated carbocycles. The molecule has 0 N–H and O–H groups in total. The van der Waals surface area contributed by atoms with Crippen LogP contribution in [0.25, 0.3) is 6.08 Å². The standard InChI is InChI=1S/C14H18/c1-2-12-8-6-7-11-14(12)13-9-4-3-5-10-13/h2,6-8,11,13H,1,3-5,9-10H2. The van der Waals surface area contributed by atoms with Crippen LogP contribution in [0, 0.1) is 0 Å². The molecule has 0 aliphatic heterocycles. The van der Waals surface area contributed by atoms with Crippen LogP contribution in [-0.2, 0) is 0 Å². The smallest absolute Gasteiger partial charge is 0.0156 e. The van der Waals surface area contributed by atoms with Gasteiger partial charge in [0.15, 0.2) is 0 Å². The predicted octanol–water partition coefficient (Wildman–Crippen LogP) is 4.38. The van der Waals surface area contributed by atoms with E-state index >= 15 is 0 Å². The first-order valence-corrected chi connectivity index (χ1v) is 5.63. The molecule has 0 heterocycles. The SMILES string of the molecule is C=Cc1ccccc1C1CCCCC1. The van der Waals surface area contributed by atoms with Crippen LogP contribution in [0.2, 0.25) is 0 Å². The lowest BCUT2D eigenvalue weighted by molar-refractivity contribution is 0.443. The molecule has 1 fully saturated rings. The summed E-state index contributed by atoms with van der Waals surface area (Å²) in [6.07, 6.45) is 8.94. The number of rotatable bonds is 2. The Kier molecular flexibility index (Phi) is 3.03. The van der Waals surface area contributed by atoms with E-state index in [1.54, 1.807) is 0 Å². The molecule has 1 aliphatic rings.